The number of aromatic amines is 1. The molecule has 0 fully saturated rings. The van der Waals surface area contributed by atoms with Crippen molar-refractivity contribution in [2.75, 3.05) is 6.54 Å². The molecule has 4 N–H and O–H groups in total. The number of halogens is 1. The third-order valence-corrected chi connectivity index (χ3v) is 2.55. The van der Waals surface area contributed by atoms with Crippen LogP contribution in [0, 0.1) is 0 Å². The fourth-order valence-corrected chi connectivity index (χ4v) is 1.48. The van der Waals surface area contributed by atoms with Gasteiger partial charge in [0.1, 0.15) is 4.60 Å². The molecule has 0 aliphatic heterocycles. The molecule has 6 heteroatoms. The van der Waals surface area contributed by atoms with Crippen LogP contribution in [-0.4, -0.2) is 21.4 Å². The van der Waals surface area contributed by atoms with Crippen molar-refractivity contribution in [1.82, 2.24) is 9.78 Å². The van der Waals surface area contributed by atoms with Gasteiger partial charge in [-0.15, -0.1) is 0 Å². The summed E-state index contributed by atoms with van der Waals surface area (Å²) < 4.78 is 2.02. The van der Waals surface area contributed by atoms with Gasteiger partial charge in [0, 0.05) is 13.6 Å². The minimum Gasteiger partial charge on any atom is -0.387 e. The zero-order chi connectivity index (χ0) is 9.30. The van der Waals surface area contributed by atoms with Gasteiger partial charge in [-0.05, 0) is 15.9 Å². The van der Waals surface area contributed by atoms with Crippen molar-refractivity contribution < 1.29 is 5.11 Å². The Labute approximate surface area is 77.3 Å². The maximum Gasteiger partial charge on any atom is 0.271 e. The summed E-state index contributed by atoms with van der Waals surface area (Å²) >= 11 is 3.16. The SMILES string of the molecule is Cn1[nH]c(=O)c(C(O)CN)c1Br. The maximum atomic E-state index is 11.1. The molecule has 0 aromatic carbocycles. The number of aryl methyl sites for hydroxylation is 1. The molecule has 0 aliphatic rings. The summed E-state index contributed by atoms with van der Waals surface area (Å²) in [7, 11) is 1.66. The Bertz CT molecular complexity index is 330. The average Bonchev–Trinajstić information content (AvgIpc) is 2.26. The molecule has 0 saturated carbocycles. The Balaban J connectivity index is 3.22. The van der Waals surface area contributed by atoms with Gasteiger partial charge in [0.25, 0.3) is 5.56 Å². The first-order valence-electron chi connectivity index (χ1n) is 3.40. The summed E-state index contributed by atoms with van der Waals surface area (Å²) in [6.07, 6.45) is -0.913. The van der Waals surface area contributed by atoms with Crippen molar-refractivity contribution in [3.05, 3.63) is 20.5 Å². The zero-order valence-corrected chi connectivity index (χ0v) is 8.13. The second kappa shape index (κ2) is 3.42. The van der Waals surface area contributed by atoms with Crippen molar-refractivity contribution >= 4 is 15.9 Å². The van der Waals surface area contributed by atoms with Gasteiger partial charge in [0.15, 0.2) is 0 Å². The van der Waals surface area contributed by atoms with Crippen LogP contribution in [0.15, 0.2) is 9.40 Å². The van der Waals surface area contributed by atoms with E-state index in [2.05, 4.69) is 21.0 Å². The Hall–Kier alpha value is -0.590. The third-order valence-electron chi connectivity index (χ3n) is 1.59. The van der Waals surface area contributed by atoms with Crippen LogP contribution in [0.1, 0.15) is 11.7 Å². The number of nitrogens with one attached hydrogen (secondary N) is 1. The Morgan fingerprint density at radius 3 is 2.75 bits per heavy atom. The van der Waals surface area contributed by atoms with Gasteiger partial charge in [-0.2, -0.15) is 0 Å². The van der Waals surface area contributed by atoms with E-state index in [1.165, 1.54) is 4.68 Å². The molecule has 0 radical (unpaired) electrons. The van der Waals surface area contributed by atoms with E-state index in [1.807, 2.05) is 0 Å². The molecule has 0 spiro atoms. The monoisotopic (exact) mass is 235 g/mol. The number of aliphatic hydroxyl groups is 1. The molecule has 12 heavy (non-hydrogen) atoms. The number of aliphatic hydroxyl groups excluding tert-OH is 1. The highest BCUT2D eigenvalue weighted by Gasteiger charge is 2.17. The second-order valence-corrected chi connectivity index (χ2v) is 3.21. The molecule has 1 atom stereocenters. The van der Waals surface area contributed by atoms with Crippen LogP contribution < -0.4 is 11.3 Å². The van der Waals surface area contributed by atoms with E-state index in [1.54, 1.807) is 7.05 Å². The first-order valence-corrected chi connectivity index (χ1v) is 4.19. The van der Waals surface area contributed by atoms with Crippen LogP contribution in [-0.2, 0) is 7.05 Å². The molecular formula is C6H10BrN3O2. The van der Waals surface area contributed by atoms with Crippen LogP contribution in [0.4, 0.5) is 0 Å². The lowest BCUT2D eigenvalue weighted by Gasteiger charge is -2.03. The summed E-state index contributed by atoms with van der Waals surface area (Å²) in [5.41, 5.74) is 5.18. The largest absolute Gasteiger partial charge is 0.387 e. The summed E-state index contributed by atoms with van der Waals surface area (Å²) in [5, 5.41) is 11.8. The molecule has 5 nitrogen and oxygen atoms in total. The smallest absolute Gasteiger partial charge is 0.271 e. The highest BCUT2D eigenvalue weighted by molar-refractivity contribution is 9.10. The summed E-state index contributed by atoms with van der Waals surface area (Å²) in [4.78, 5) is 11.1. The first-order chi connectivity index (χ1) is 5.57. The Morgan fingerprint density at radius 1 is 1.83 bits per heavy atom. The highest BCUT2D eigenvalue weighted by atomic mass is 79.9. The number of nitrogens with two attached hydrogens (primary N) is 1. The lowest BCUT2D eigenvalue weighted by Crippen LogP contribution is -2.18. The van der Waals surface area contributed by atoms with E-state index in [9.17, 15) is 9.90 Å². The molecule has 0 amide bonds. The average molecular weight is 236 g/mol. The lowest BCUT2D eigenvalue weighted by atomic mass is 10.2. The predicted molar refractivity (Wildman–Crippen MR) is 47.7 cm³/mol. The van der Waals surface area contributed by atoms with Crippen molar-refractivity contribution in [3.8, 4) is 0 Å². The van der Waals surface area contributed by atoms with Gasteiger partial charge >= 0.3 is 0 Å². The normalized spacial score (nSPS) is 13.3. The van der Waals surface area contributed by atoms with E-state index >= 15 is 0 Å². The van der Waals surface area contributed by atoms with E-state index in [-0.39, 0.29) is 17.7 Å². The molecule has 1 rings (SSSR count). The fraction of sp³-hybridized carbons (Fsp3) is 0.500. The van der Waals surface area contributed by atoms with Crippen LogP contribution in [0.25, 0.3) is 0 Å². The number of rotatable bonds is 2. The topological polar surface area (TPSA) is 84.0 Å². The van der Waals surface area contributed by atoms with Crippen LogP contribution >= 0.6 is 15.9 Å². The molecule has 1 aromatic rings. The number of H-pyrrole nitrogens is 1. The van der Waals surface area contributed by atoms with E-state index in [0.717, 1.165) is 0 Å². The first kappa shape index (κ1) is 9.50. The second-order valence-electron chi connectivity index (χ2n) is 2.46. The van der Waals surface area contributed by atoms with Crippen LogP contribution in [0.3, 0.4) is 0 Å². The van der Waals surface area contributed by atoms with Crippen molar-refractivity contribution in [3.63, 3.8) is 0 Å². The molecule has 1 heterocycles. The Kier molecular flexibility index (Phi) is 2.71. The summed E-state index contributed by atoms with van der Waals surface area (Å²) in [5.74, 6) is 0. The zero-order valence-electron chi connectivity index (χ0n) is 6.54. The van der Waals surface area contributed by atoms with Gasteiger partial charge in [-0.25, -0.2) is 0 Å². The molecule has 1 unspecified atom stereocenters. The molecule has 0 aliphatic carbocycles. The van der Waals surface area contributed by atoms with E-state index < -0.39 is 6.10 Å². The molecule has 0 bridgehead atoms. The van der Waals surface area contributed by atoms with Crippen molar-refractivity contribution in [1.29, 1.82) is 0 Å². The van der Waals surface area contributed by atoms with Gasteiger partial charge in [0.05, 0.1) is 11.7 Å². The molecular weight excluding hydrogens is 226 g/mol. The van der Waals surface area contributed by atoms with E-state index in [4.69, 9.17) is 5.73 Å². The highest BCUT2D eigenvalue weighted by Crippen LogP contribution is 2.17. The summed E-state index contributed by atoms with van der Waals surface area (Å²) in [6.45, 7) is 0.0334. The minimum absolute atomic E-state index is 0.0334. The molecule has 1 aromatic heterocycles. The lowest BCUT2D eigenvalue weighted by molar-refractivity contribution is 0.185. The van der Waals surface area contributed by atoms with Crippen LogP contribution in [0.2, 0.25) is 0 Å². The molecule has 0 saturated heterocycles. The van der Waals surface area contributed by atoms with Crippen LogP contribution in [0.5, 0.6) is 0 Å². The number of hydrogen-bond donors (Lipinski definition) is 3. The van der Waals surface area contributed by atoms with Gasteiger partial charge < -0.3 is 10.8 Å². The van der Waals surface area contributed by atoms with Gasteiger partial charge in [0.2, 0.25) is 0 Å². The third kappa shape index (κ3) is 1.45. The number of hydrogen-bond acceptors (Lipinski definition) is 3. The quantitative estimate of drug-likeness (QED) is 0.645. The predicted octanol–water partition coefficient (Wildman–Crippen LogP) is -0.532. The van der Waals surface area contributed by atoms with Crippen molar-refractivity contribution in [2.45, 2.75) is 6.10 Å². The number of nitrogens with zero attached hydrogens (tertiary/aromatic N) is 1. The Morgan fingerprint density at radius 2 is 2.42 bits per heavy atom. The van der Waals surface area contributed by atoms with Gasteiger partial charge in [-0.1, -0.05) is 0 Å². The van der Waals surface area contributed by atoms with E-state index in [0.29, 0.717) is 4.60 Å². The minimum atomic E-state index is -0.913. The van der Waals surface area contributed by atoms with Gasteiger partial charge in [-0.3, -0.25) is 14.6 Å². The van der Waals surface area contributed by atoms with Crippen molar-refractivity contribution in [2.24, 2.45) is 12.8 Å². The maximum absolute atomic E-state index is 11.1. The summed E-state index contributed by atoms with van der Waals surface area (Å²) in [6, 6.07) is 0. The fourth-order valence-electron chi connectivity index (χ4n) is 0.943. The molecule has 68 valence electrons. The standard InChI is InChI=1S/C6H10BrN3O2/c1-10-5(7)4(3(11)2-8)6(12)9-10/h3,11H,2,8H2,1H3,(H,9,12). The number of aromatic nitrogens is 2.